The van der Waals surface area contributed by atoms with E-state index < -0.39 is 17.7 Å². The fourth-order valence-electron chi connectivity index (χ4n) is 1.07. The summed E-state index contributed by atoms with van der Waals surface area (Å²) in [4.78, 5) is 11.0. The summed E-state index contributed by atoms with van der Waals surface area (Å²) in [5.74, 6) is -0.731. The zero-order chi connectivity index (χ0) is 10.9. The van der Waals surface area contributed by atoms with Crippen LogP contribution in [0.25, 0.3) is 0 Å². The third kappa shape index (κ3) is 1.92. The molecule has 1 heterocycles. The first-order valence-electron chi connectivity index (χ1n) is 3.74. The van der Waals surface area contributed by atoms with E-state index in [1.807, 2.05) is 0 Å². The summed E-state index contributed by atoms with van der Waals surface area (Å²) in [5, 5.41) is 1.17. The van der Waals surface area contributed by atoms with Crippen molar-refractivity contribution in [2.24, 2.45) is 0 Å². The highest BCUT2D eigenvalue weighted by Crippen LogP contribution is 2.20. The molecule has 0 radical (unpaired) electrons. The Morgan fingerprint density at radius 3 is 2.43 bits per heavy atom. The molecule has 1 aromatic rings. The van der Waals surface area contributed by atoms with Crippen molar-refractivity contribution in [1.29, 1.82) is 0 Å². The first-order valence-corrected chi connectivity index (χ1v) is 4.62. The first-order chi connectivity index (χ1) is 6.38. The Hall–Kier alpha value is -0.975. The third-order valence-electron chi connectivity index (χ3n) is 1.78. The second kappa shape index (κ2) is 3.64. The molecule has 0 aromatic carbocycles. The molecular formula is C7H7BF3O2S-. The average molecular weight is 223 g/mol. The van der Waals surface area contributed by atoms with Crippen molar-refractivity contribution < 1.29 is 22.5 Å². The van der Waals surface area contributed by atoms with E-state index >= 15 is 0 Å². The lowest BCUT2D eigenvalue weighted by Gasteiger charge is -2.13. The first kappa shape index (κ1) is 11.1. The Morgan fingerprint density at radius 2 is 2.07 bits per heavy atom. The second-order valence-electron chi connectivity index (χ2n) is 2.70. The van der Waals surface area contributed by atoms with Crippen molar-refractivity contribution in [2.45, 2.75) is 6.92 Å². The molecule has 0 saturated heterocycles. The SMILES string of the molecule is COC(=O)c1csc([B-](F)(F)F)c1C. The van der Waals surface area contributed by atoms with Gasteiger partial charge in [-0.2, -0.15) is 11.3 Å². The van der Waals surface area contributed by atoms with Crippen LogP contribution in [-0.4, -0.2) is 20.1 Å². The van der Waals surface area contributed by atoms with Crippen LogP contribution in [0.1, 0.15) is 15.9 Å². The summed E-state index contributed by atoms with van der Waals surface area (Å²) in [6.07, 6.45) is 0. The maximum atomic E-state index is 12.4. The van der Waals surface area contributed by atoms with Crippen LogP contribution in [0.5, 0.6) is 0 Å². The number of thiophene rings is 1. The normalized spacial score (nSPS) is 11.5. The molecule has 7 heteroatoms. The Labute approximate surface area is 82.7 Å². The van der Waals surface area contributed by atoms with Crippen LogP contribution < -0.4 is 4.78 Å². The van der Waals surface area contributed by atoms with Crippen LogP contribution in [0, 0.1) is 6.92 Å². The molecule has 2 nitrogen and oxygen atoms in total. The number of ether oxygens (including phenoxy) is 1. The summed E-state index contributed by atoms with van der Waals surface area (Å²) in [6, 6.07) is 0. The number of halogens is 3. The smallest absolute Gasteiger partial charge is 0.465 e. The summed E-state index contributed by atoms with van der Waals surface area (Å²) in [6.45, 7) is -3.76. The molecule has 0 atom stereocenters. The van der Waals surface area contributed by atoms with Gasteiger partial charge in [0.25, 0.3) is 0 Å². The largest absolute Gasteiger partial charge is 0.519 e. The molecule has 0 saturated carbocycles. The molecule has 0 fully saturated rings. The molecule has 0 aliphatic rings. The number of hydrogen-bond donors (Lipinski definition) is 0. The van der Waals surface area contributed by atoms with E-state index in [1.54, 1.807) is 0 Å². The Balaban J connectivity index is 3.15. The fourth-order valence-corrected chi connectivity index (χ4v) is 2.02. The molecule has 1 rings (SSSR count). The van der Waals surface area contributed by atoms with Gasteiger partial charge in [-0.25, -0.2) is 4.79 Å². The summed E-state index contributed by atoms with van der Waals surface area (Å²) in [7, 11) is 1.14. The van der Waals surface area contributed by atoms with Crippen LogP contribution >= 0.6 is 11.3 Å². The Morgan fingerprint density at radius 1 is 1.50 bits per heavy atom. The van der Waals surface area contributed by atoms with Crippen LogP contribution in [-0.2, 0) is 4.74 Å². The molecule has 1 aromatic heterocycles. The Kier molecular flexibility index (Phi) is 2.89. The highest BCUT2D eigenvalue weighted by atomic mass is 32.1. The molecule has 0 unspecified atom stereocenters. The highest BCUT2D eigenvalue weighted by molar-refractivity contribution is 7.23. The van der Waals surface area contributed by atoms with E-state index in [-0.39, 0.29) is 11.1 Å². The van der Waals surface area contributed by atoms with Gasteiger partial charge in [-0.3, -0.25) is 0 Å². The molecule has 0 N–H and O–H groups in total. The molecule has 78 valence electrons. The van der Waals surface area contributed by atoms with E-state index in [0.717, 1.165) is 7.11 Å². The van der Waals surface area contributed by atoms with Gasteiger partial charge < -0.3 is 17.7 Å². The topological polar surface area (TPSA) is 26.3 Å². The minimum Gasteiger partial charge on any atom is -0.465 e. The number of carbonyl (C=O) groups is 1. The predicted octanol–water partition coefficient (Wildman–Crippen LogP) is 1.90. The second-order valence-corrected chi connectivity index (χ2v) is 3.62. The average Bonchev–Trinajstić information content (AvgIpc) is 2.45. The van der Waals surface area contributed by atoms with Gasteiger partial charge in [0.1, 0.15) is 0 Å². The molecule has 0 spiro atoms. The molecule has 0 aliphatic heterocycles. The van der Waals surface area contributed by atoms with E-state index in [4.69, 9.17) is 0 Å². The zero-order valence-corrected chi connectivity index (χ0v) is 8.33. The van der Waals surface area contributed by atoms with Gasteiger partial charge in [0.05, 0.1) is 12.7 Å². The van der Waals surface area contributed by atoms with Gasteiger partial charge in [-0.05, 0) is 6.92 Å². The lowest BCUT2D eigenvalue weighted by Crippen LogP contribution is -2.33. The summed E-state index contributed by atoms with van der Waals surface area (Å²) in [5.41, 5.74) is -0.0546. The van der Waals surface area contributed by atoms with Crippen molar-refractivity contribution in [3.05, 3.63) is 16.5 Å². The molecule has 0 aliphatic carbocycles. The van der Waals surface area contributed by atoms with Crippen molar-refractivity contribution in [2.75, 3.05) is 7.11 Å². The lowest BCUT2D eigenvalue weighted by molar-refractivity contribution is 0.0600. The monoisotopic (exact) mass is 223 g/mol. The summed E-state index contributed by atoms with van der Waals surface area (Å²) >= 11 is 0.529. The van der Waals surface area contributed by atoms with Crippen LogP contribution in [0.2, 0.25) is 0 Å². The zero-order valence-electron chi connectivity index (χ0n) is 7.51. The fraction of sp³-hybridized carbons (Fsp3) is 0.286. The minimum atomic E-state index is -5.03. The van der Waals surface area contributed by atoms with Gasteiger partial charge in [0.2, 0.25) is 0 Å². The van der Waals surface area contributed by atoms with E-state index in [9.17, 15) is 17.7 Å². The number of esters is 1. The lowest BCUT2D eigenvalue weighted by atomic mass is 9.85. The van der Waals surface area contributed by atoms with Crippen molar-refractivity contribution in [3.8, 4) is 0 Å². The van der Waals surface area contributed by atoms with Crippen LogP contribution in [0.3, 0.4) is 0 Å². The minimum absolute atomic E-state index is 0.00769. The molecule has 0 amide bonds. The summed E-state index contributed by atoms with van der Waals surface area (Å²) < 4.78 is 40.7. The van der Waals surface area contributed by atoms with Gasteiger partial charge in [0, 0.05) is 5.38 Å². The molecule has 14 heavy (non-hydrogen) atoms. The van der Waals surface area contributed by atoms with E-state index in [2.05, 4.69) is 4.74 Å². The molecular weight excluding hydrogens is 216 g/mol. The predicted molar refractivity (Wildman–Crippen MR) is 49.1 cm³/mol. The van der Waals surface area contributed by atoms with Crippen LogP contribution in [0.4, 0.5) is 12.9 Å². The number of methoxy groups -OCH3 is 1. The molecule has 0 bridgehead atoms. The Bertz CT molecular complexity index is 358. The van der Waals surface area contributed by atoms with E-state index in [0.29, 0.717) is 11.3 Å². The quantitative estimate of drug-likeness (QED) is 0.565. The maximum absolute atomic E-state index is 12.4. The third-order valence-corrected chi connectivity index (χ3v) is 2.96. The van der Waals surface area contributed by atoms with Crippen molar-refractivity contribution in [1.82, 2.24) is 0 Å². The van der Waals surface area contributed by atoms with Gasteiger partial charge in [0.15, 0.2) is 0 Å². The standard InChI is InChI=1S/C7H7BF3O2S/c1-4-5(7(12)13-2)3-14-6(4)8(9,10)11/h3H,1-2H3/q-1. The van der Waals surface area contributed by atoms with Gasteiger partial charge >= 0.3 is 12.9 Å². The van der Waals surface area contributed by atoms with Gasteiger partial charge in [-0.1, -0.05) is 10.3 Å². The van der Waals surface area contributed by atoms with Gasteiger partial charge in [-0.15, -0.1) is 0 Å². The van der Waals surface area contributed by atoms with Crippen molar-refractivity contribution >= 4 is 29.1 Å². The number of carbonyl (C=O) groups excluding carboxylic acids is 1. The van der Waals surface area contributed by atoms with E-state index in [1.165, 1.54) is 12.3 Å². The maximum Gasteiger partial charge on any atom is 0.519 e. The highest BCUT2D eigenvalue weighted by Gasteiger charge is 2.31. The number of rotatable bonds is 2. The van der Waals surface area contributed by atoms with Crippen molar-refractivity contribution in [3.63, 3.8) is 0 Å². The van der Waals surface area contributed by atoms with Crippen LogP contribution in [0.15, 0.2) is 5.38 Å². The number of hydrogen-bond acceptors (Lipinski definition) is 3.